The van der Waals surface area contributed by atoms with Gasteiger partial charge in [-0.2, -0.15) is 5.10 Å². The number of halogens is 1. The van der Waals surface area contributed by atoms with Gasteiger partial charge in [0, 0.05) is 12.7 Å². The van der Waals surface area contributed by atoms with Crippen LogP contribution in [0.15, 0.2) is 30.5 Å². The van der Waals surface area contributed by atoms with E-state index in [0.717, 1.165) is 18.3 Å². The molecule has 0 aliphatic heterocycles. The van der Waals surface area contributed by atoms with Crippen molar-refractivity contribution >= 4 is 5.69 Å². The molecule has 0 fully saturated rings. The Morgan fingerprint density at radius 3 is 2.95 bits per heavy atom. The molecule has 0 saturated carbocycles. The molecule has 0 aliphatic carbocycles. The van der Waals surface area contributed by atoms with Gasteiger partial charge in [0.15, 0.2) is 0 Å². The Bertz CT molecular complexity index is 597. The van der Waals surface area contributed by atoms with Gasteiger partial charge in [0.1, 0.15) is 11.5 Å². The fourth-order valence-electron chi connectivity index (χ4n) is 1.68. The molecule has 1 heterocycles. The highest BCUT2D eigenvalue weighted by molar-refractivity contribution is 5.51. The highest BCUT2D eigenvalue weighted by Crippen LogP contribution is 2.23. The van der Waals surface area contributed by atoms with E-state index in [4.69, 9.17) is 0 Å². The Morgan fingerprint density at radius 2 is 2.26 bits per heavy atom. The number of nitrogens with zero attached hydrogens (tertiary/aromatic N) is 3. The number of hydrogen-bond donors (Lipinski definition) is 1. The molecule has 0 aliphatic rings. The minimum absolute atomic E-state index is 0.245. The fourth-order valence-corrected chi connectivity index (χ4v) is 1.68. The van der Waals surface area contributed by atoms with Crippen LogP contribution in [-0.2, 0) is 6.54 Å². The molecule has 0 amide bonds. The van der Waals surface area contributed by atoms with E-state index in [-0.39, 0.29) is 11.4 Å². The van der Waals surface area contributed by atoms with E-state index in [2.05, 4.69) is 10.4 Å². The van der Waals surface area contributed by atoms with Crippen LogP contribution in [0.1, 0.15) is 12.6 Å². The van der Waals surface area contributed by atoms with E-state index in [1.54, 1.807) is 12.3 Å². The van der Waals surface area contributed by atoms with Crippen molar-refractivity contribution in [2.45, 2.75) is 13.5 Å². The molecular formula is C12H13FN4O2. The second-order valence-electron chi connectivity index (χ2n) is 3.92. The summed E-state index contributed by atoms with van der Waals surface area (Å²) in [7, 11) is 0. The molecule has 1 aromatic heterocycles. The van der Waals surface area contributed by atoms with Gasteiger partial charge >= 0.3 is 0 Å². The number of benzene rings is 1. The van der Waals surface area contributed by atoms with E-state index in [9.17, 15) is 14.5 Å². The molecule has 2 aromatic rings. The summed E-state index contributed by atoms with van der Waals surface area (Å²) in [6, 6.07) is 5.17. The first kappa shape index (κ1) is 13.2. The quantitative estimate of drug-likeness (QED) is 0.662. The van der Waals surface area contributed by atoms with E-state index in [1.165, 1.54) is 16.8 Å². The smallest absolute Gasteiger partial charge is 0.297 e. The maximum atomic E-state index is 13.1. The zero-order chi connectivity index (χ0) is 13.8. The van der Waals surface area contributed by atoms with Gasteiger partial charge in [-0.05, 0) is 24.7 Å². The molecule has 7 heteroatoms. The summed E-state index contributed by atoms with van der Waals surface area (Å²) in [6.07, 6.45) is 1.62. The van der Waals surface area contributed by atoms with Crippen LogP contribution in [0.4, 0.5) is 10.1 Å². The first-order valence-corrected chi connectivity index (χ1v) is 5.81. The van der Waals surface area contributed by atoms with Crippen LogP contribution in [0.5, 0.6) is 0 Å². The van der Waals surface area contributed by atoms with Gasteiger partial charge < -0.3 is 5.32 Å². The number of nitro benzene ring substituents is 1. The van der Waals surface area contributed by atoms with Crippen molar-refractivity contribution < 1.29 is 9.31 Å². The van der Waals surface area contributed by atoms with E-state index in [0.29, 0.717) is 6.54 Å². The number of hydrogen-bond acceptors (Lipinski definition) is 4. The zero-order valence-electron chi connectivity index (χ0n) is 10.3. The first-order chi connectivity index (χ1) is 9.11. The van der Waals surface area contributed by atoms with Crippen LogP contribution in [0, 0.1) is 15.9 Å². The molecule has 1 aromatic carbocycles. The van der Waals surface area contributed by atoms with Crippen molar-refractivity contribution in [3.63, 3.8) is 0 Å². The highest BCUT2D eigenvalue weighted by Gasteiger charge is 2.17. The number of nitrogens with one attached hydrogen (secondary N) is 1. The molecule has 6 nitrogen and oxygen atoms in total. The third-order valence-corrected chi connectivity index (χ3v) is 2.58. The van der Waals surface area contributed by atoms with E-state index >= 15 is 0 Å². The second-order valence-corrected chi connectivity index (χ2v) is 3.92. The molecule has 0 radical (unpaired) electrons. The molecule has 100 valence electrons. The zero-order valence-corrected chi connectivity index (χ0v) is 10.3. The monoisotopic (exact) mass is 264 g/mol. The largest absolute Gasteiger partial charge is 0.311 e. The molecular weight excluding hydrogens is 251 g/mol. The van der Waals surface area contributed by atoms with Crippen molar-refractivity contribution in [3.05, 3.63) is 52.1 Å². The molecule has 0 bridgehead atoms. The van der Waals surface area contributed by atoms with Crippen molar-refractivity contribution in [3.8, 4) is 5.69 Å². The highest BCUT2D eigenvalue weighted by atomic mass is 19.1. The van der Waals surface area contributed by atoms with Gasteiger partial charge in [-0.3, -0.25) is 10.1 Å². The lowest BCUT2D eigenvalue weighted by Gasteiger charge is -2.03. The summed E-state index contributed by atoms with van der Waals surface area (Å²) < 4.78 is 14.4. The molecule has 0 saturated heterocycles. The molecule has 1 N–H and O–H groups in total. The predicted molar refractivity (Wildman–Crippen MR) is 67.6 cm³/mol. The average molecular weight is 264 g/mol. The normalized spacial score (nSPS) is 10.6. The molecule has 0 unspecified atom stereocenters. The van der Waals surface area contributed by atoms with Gasteiger partial charge in [0.05, 0.1) is 16.7 Å². The first-order valence-electron chi connectivity index (χ1n) is 5.81. The van der Waals surface area contributed by atoms with Crippen LogP contribution in [0.2, 0.25) is 0 Å². The van der Waals surface area contributed by atoms with Gasteiger partial charge in [-0.15, -0.1) is 0 Å². The Balaban J connectivity index is 2.36. The Kier molecular flexibility index (Phi) is 3.86. The standard InChI is InChI=1S/C12H13FN4O2/c1-2-14-8-10-5-6-16(15-10)11-4-3-9(13)7-12(11)17(18)19/h3-7,14H,2,8H2,1H3. The summed E-state index contributed by atoms with van der Waals surface area (Å²) in [5.41, 5.74) is 0.702. The minimum atomic E-state index is -0.643. The summed E-state index contributed by atoms with van der Waals surface area (Å²) in [6.45, 7) is 3.36. The van der Waals surface area contributed by atoms with Crippen molar-refractivity contribution in [1.82, 2.24) is 15.1 Å². The number of nitro groups is 1. The molecule has 0 spiro atoms. The van der Waals surface area contributed by atoms with Crippen LogP contribution in [0.25, 0.3) is 5.69 Å². The maximum Gasteiger partial charge on any atom is 0.297 e. The number of rotatable bonds is 5. The lowest BCUT2D eigenvalue weighted by atomic mass is 10.2. The van der Waals surface area contributed by atoms with Crippen molar-refractivity contribution in [2.75, 3.05) is 6.54 Å². The SMILES string of the molecule is CCNCc1ccn(-c2ccc(F)cc2[N+](=O)[O-])n1. The number of aromatic nitrogens is 2. The van der Waals surface area contributed by atoms with Gasteiger partial charge in [0.25, 0.3) is 5.69 Å². The molecule has 19 heavy (non-hydrogen) atoms. The minimum Gasteiger partial charge on any atom is -0.311 e. The predicted octanol–water partition coefficient (Wildman–Crippen LogP) is 2.03. The summed E-state index contributed by atoms with van der Waals surface area (Å²) >= 11 is 0. The van der Waals surface area contributed by atoms with Gasteiger partial charge in [-0.1, -0.05) is 6.92 Å². The average Bonchev–Trinajstić information content (AvgIpc) is 2.84. The summed E-state index contributed by atoms with van der Waals surface area (Å²) in [5.74, 6) is -0.643. The van der Waals surface area contributed by atoms with E-state index in [1.807, 2.05) is 6.92 Å². The van der Waals surface area contributed by atoms with Gasteiger partial charge in [-0.25, -0.2) is 9.07 Å². The van der Waals surface area contributed by atoms with Crippen LogP contribution in [0.3, 0.4) is 0 Å². The Labute approximate surface area is 109 Å². The molecule has 0 atom stereocenters. The summed E-state index contributed by atoms with van der Waals surface area (Å²) in [4.78, 5) is 10.3. The van der Waals surface area contributed by atoms with Gasteiger partial charge in [0.2, 0.25) is 0 Å². The third kappa shape index (κ3) is 2.94. The topological polar surface area (TPSA) is 73.0 Å². The van der Waals surface area contributed by atoms with Crippen molar-refractivity contribution in [1.29, 1.82) is 0 Å². The Morgan fingerprint density at radius 1 is 1.47 bits per heavy atom. The lowest BCUT2D eigenvalue weighted by Crippen LogP contribution is -2.12. The Hall–Kier alpha value is -2.28. The van der Waals surface area contributed by atoms with E-state index < -0.39 is 10.7 Å². The lowest BCUT2D eigenvalue weighted by molar-refractivity contribution is -0.384. The summed E-state index contributed by atoms with van der Waals surface area (Å²) in [5, 5.41) is 18.2. The fraction of sp³-hybridized carbons (Fsp3) is 0.250. The van der Waals surface area contributed by atoms with Crippen molar-refractivity contribution in [2.24, 2.45) is 0 Å². The molecule has 2 rings (SSSR count). The van der Waals surface area contributed by atoms with Crippen LogP contribution in [-0.4, -0.2) is 21.2 Å². The second kappa shape index (κ2) is 5.57. The maximum absolute atomic E-state index is 13.1. The van der Waals surface area contributed by atoms with Crippen LogP contribution < -0.4 is 5.32 Å². The third-order valence-electron chi connectivity index (χ3n) is 2.58. The van der Waals surface area contributed by atoms with Crippen LogP contribution >= 0.6 is 0 Å².